The molecule has 0 amide bonds. The van der Waals surface area contributed by atoms with Gasteiger partial charge in [-0.15, -0.1) is 0 Å². The molecule has 3 rings (SSSR count). The molecule has 0 aromatic carbocycles. The van der Waals surface area contributed by atoms with Gasteiger partial charge in [-0.2, -0.15) is 0 Å². The van der Waals surface area contributed by atoms with Gasteiger partial charge in [-0.1, -0.05) is 19.9 Å². The van der Waals surface area contributed by atoms with E-state index >= 15 is 0 Å². The van der Waals surface area contributed by atoms with E-state index < -0.39 is 0 Å². The molecule has 1 saturated carbocycles. The number of likely N-dealkylation sites (tertiary alicyclic amines) is 1. The van der Waals surface area contributed by atoms with E-state index in [4.69, 9.17) is 0 Å². The van der Waals surface area contributed by atoms with Crippen molar-refractivity contribution in [2.45, 2.75) is 51.6 Å². The average Bonchev–Trinajstić information content (AvgIpc) is 3.08. The zero-order valence-corrected chi connectivity index (χ0v) is 12.1. The molecule has 2 heterocycles. The molecule has 0 bridgehead atoms. The highest BCUT2D eigenvalue weighted by Gasteiger charge is 2.26. The highest BCUT2D eigenvalue weighted by molar-refractivity contribution is 5.38. The van der Waals surface area contributed by atoms with E-state index in [1.165, 1.54) is 44.3 Å². The molecule has 0 radical (unpaired) electrons. The molecule has 19 heavy (non-hydrogen) atoms. The minimum absolute atomic E-state index is 0.588. The van der Waals surface area contributed by atoms with Crippen molar-refractivity contribution in [3.63, 3.8) is 0 Å². The zero-order chi connectivity index (χ0) is 13.2. The van der Waals surface area contributed by atoms with Gasteiger partial charge in [0.1, 0.15) is 5.82 Å². The topological polar surface area (TPSA) is 28.2 Å². The van der Waals surface area contributed by atoms with Crippen molar-refractivity contribution < 1.29 is 0 Å². The Bertz CT molecular complexity index is 409. The van der Waals surface area contributed by atoms with Gasteiger partial charge in [-0.25, -0.2) is 4.98 Å². The molecular formula is C16H25N3. The van der Waals surface area contributed by atoms with E-state index in [9.17, 15) is 0 Å². The molecular weight excluding hydrogens is 234 g/mol. The second-order valence-electron chi connectivity index (χ2n) is 6.44. The predicted molar refractivity (Wildman–Crippen MR) is 79.3 cm³/mol. The fourth-order valence-corrected chi connectivity index (χ4v) is 3.02. The fraction of sp³-hybridized carbons (Fsp3) is 0.688. The second kappa shape index (κ2) is 5.49. The Kier molecular flexibility index (Phi) is 3.74. The van der Waals surface area contributed by atoms with Crippen LogP contribution in [-0.2, 0) is 0 Å². The normalized spacial score (nSPS) is 24.1. The Balaban J connectivity index is 1.66. The first-order valence-electron chi connectivity index (χ1n) is 7.69. The third-order valence-electron chi connectivity index (χ3n) is 4.06. The van der Waals surface area contributed by atoms with Gasteiger partial charge in [0.25, 0.3) is 0 Å². The molecule has 1 N–H and O–H groups in total. The van der Waals surface area contributed by atoms with Gasteiger partial charge < -0.3 is 5.32 Å². The number of hydrogen-bond acceptors (Lipinski definition) is 3. The van der Waals surface area contributed by atoms with Gasteiger partial charge in [0, 0.05) is 24.8 Å². The Morgan fingerprint density at radius 1 is 1.32 bits per heavy atom. The van der Waals surface area contributed by atoms with E-state index in [2.05, 4.69) is 47.4 Å². The van der Waals surface area contributed by atoms with Crippen LogP contribution in [0.25, 0.3) is 0 Å². The summed E-state index contributed by atoms with van der Waals surface area (Å²) in [6.45, 7) is 7.05. The lowest BCUT2D eigenvalue weighted by Gasteiger charge is -2.26. The van der Waals surface area contributed by atoms with E-state index in [1.807, 2.05) is 0 Å². The van der Waals surface area contributed by atoms with Crippen LogP contribution in [-0.4, -0.2) is 29.0 Å². The number of hydrogen-bond donors (Lipinski definition) is 1. The number of pyridine rings is 1. The minimum atomic E-state index is 0.588. The summed E-state index contributed by atoms with van der Waals surface area (Å²) in [6.07, 6.45) is 7.28. The van der Waals surface area contributed by atoms with Crippen LogP contribution in [0.1, 0.15) is 51.1 Å². The largest absolute Gasteiger partial charge is 0.367 e. The predicted octanol–water partition coefficient (Wildman–Crippen LogP) is 3.45. The van der Waals surface area contributed by atoms with Crippen molar-refractivity contribution in [1.82, 2.24) is 9.88 Å². The Hall–Kier alpha value is -1.09. The Morgan fingerprint density at radius 3 is 2.79 bits per heavy atom. The second-order valence-corrected chi connectivity index (χ2v) is 6.44. The molecule has 0 spiro atoms. The maximum absolute atomic E-state index is 4.58. The number of aromatic nitrogens is 1. The van der Waals surface area contributed by atoms with Crippen LogP contribution in [0.15, 0.2) is 18.3 Å². The molecule has 1 aromatic rings. The summed E-state index contributed by atoms with van der Waals surface area (Å²) in [4.78, 5) is 7.20. The molecule has 2 fully saturated rings. The fourth-order valence-electron chi connectivity index (χ4n) is 3.02. The van der Waals surface area contributed by atoms with E-state index in [0.717, 1.165) is 11.7 Å². The van der Waals surface area contributed by atoms with Crippen molar-refractivity contribution in [2.75, 3.05) is 18.4 Å². The zero-order valence-electron chi connectivity index (χ0n) is 12.1. The van der Waals surface area contributed by atoms with Gasteiger partial charge in [0.2, 0.25) is 0 Å². The highest BCUT2D eigenvalue weighted by Crippen LogP contribution is 2.32. The molecule has 1 aliphatic heterocycles. The lowest BCUT2D eigenvalue weighted by Crippen LogP contribution is -2.27. The summed E-state index contributed by atoms with van der Waals surface area (Å²) in [5.74, 6) is 1.78. The van der Waals surface area contributed by atoms with Gasteiger partial charge >= 0.3 is 0 Å². The molecule has 1 saturated heterocycles. The first-order valence-corrected chi connectivity index (χ1v) is 7.69. The summed E-state index contributed by atoms with van der Waals surface area (Å²) in [7, 11) is 0. The summed E-state index contributed by atoms with van der Waals surface area (Å²) < 4.78 is 0. The van der Waals surface area contributed by atoms with E-state index in [1.54, 1.807) is 0 Å². The van der Waals surface area contributed by atoms with Crippen LogP contribution >= 0.6 is 0 Å². The Labute approximate surface area is 116 Å². The summed E-state index contributed by atoms with van der Waals surface area (Å²) in [6, 6.07) is 5.69. The third-order valence-corrected chi connectivity index (χ3v) is 4.06. The maximum Gasteiger partial charge on any atom is 0.126 e. The standard InChI is InChI=1S/C16H25N3/c1-12(2)11-19-9-3-4-15(19)13-5-8-16(17-10-13)18-14-6-7-14/h5,8,10,12,14-15H,3-4,6-7,9,11H2,1-2H3,(H,17,18)/t15-/m1/s1. The molecule has 3 heteroatoms. The van der Waals surface area contributed by atoms with Crippen molar-refractivity contribution >= 4 is 5.82 Å². The Morgan fingerprint density at radius 2 is 2.16 bits per heavy atom. The van der Waals surface area contributed by atoms with Crippen LogP contribution in [0.5, 0.6) is 0 Å². The highest BCUT2D eigenvalue weighted by atomic mass is 15.2. The van der Waals surface area contributed by atoms with E-state index in [-0.39, 0.29) is 0 Å². The van der Waals surface area contributed by atoms with Gasteiger partial charge in [-0.3, -0.25) is 4.90 Å². The summed E-state index contributed by atoms with van der Waals surface area (Å²) in [5, 5.41) is 3.45. The lowest BCUT2D eigenvalue weighted by atomic mass is 10.1. The SMILES string of the molecule is CC(C)CN1CCC[C@@H]1c1ccc(NC2CC2)nc1. The summed E-state index contributed by atoms with van der Waals surface area (Å²) >= 11 is 0. The molecule has 1 atom stereocenters. The number of rotatable bonds is 5. The molecule has 0 unspecified atom stereocenters. The molecule has 104 valence electrons. The average molecular weight is 259 g/mol. The van der Waals surface area contributed by atoms with Crippen molar-refractivity contribution in [1.29, 1.82) is 0 Å². The van der Waals surface area contributed by atoms with Crippen LogP contribution in [0.3, 0.4) is 0 Å². The third kappa shape index (κ3) is 3.27. The first kappa shape index (κ1) is 12.9. The van der Waals surface area contributed by atoms with Crippen LogP contribution < -0.4 is 5.32 Å². The molecule has 3 nitrogen and oxygen atoms in total. The van der Waals surface area contributed by atoms with Gasteiger partial charge in [0.05, 0.1) is 0 Å². The van der Waals surface area contributed by atoms with Crippen LogP contribution in [0, 0.1) is 5.92 Å². The van der Waals surface area contributed by atoms with Crippen molar-refractivity contribution in [3.05, 3.63) is 23.9 Å². The quantitative estimate of drug-likeness (QED) is 0.878. The lowest BCUT2D eigenvalue weighted by molar-refractivity contribution is 0.228. The monoisotopic (exact) mass is 259 g/mol. The van der Waals surface area contributed by atoms with Crippen molar-refractivity contribution in [3.8, 4) is 0 Å². The first-order chi connectivity index (χ1) is 9.22. The summed E-state index contributed by atoms with van der Waals surface area (Å²) in [5.41, 5.74) is 1.39. The molecule has 1 aliphatic carbocycles. The van der Waals surface area contributed by atoms with Crippen LogP contribution in [0.4, 0.5) is 5.82 Å². The number of anilines is 1. The minimum Gasteiger partial charge on any atom is -0.367 e. The van der Waals surface area contributed by atoms with E-state index in [0.29, 0.717) is 12.1 Å². The van der Waals surface area contributed by atoms with Gasteiger partial charge in [0.15, 0.2) is 0 Å². The van der Waals surface area contributed by atoms with Crippen LogP contribution in [0.2, 0.25) is 0 Å². The van der Waals surface area contributed by atoms with Gasteiger partial charge in [-0.05, 0) is 49.8 Å². The smallest absolute Gasteiger partial charge is 0.126 e. The molecule has 2 aliphatic rings. The molecule has 1 aromatic heterocycles. The van der Waals surface area contributed by atoms with Crippen molar-refractivity contribution in [2.24, 2.45) is 5.92 Å². The number of nitrogens with zero attached hydrogens (tertiary/aromatic N) is 2. The maximum atomic E-state index is 4.58. The number of nitrogens with one attached hydrogen (secondary N) is 1.